The van der Waals surface area contributed by atoms with Crippen molar-refractivity contribution < 1.29 is 4.79 Å². The van der Waals surface area contributed by atoms with Crippen molar-refractivity contribution in [2.45, 2.75) is 39.7 Å². The molecule has 0 radical (unpaired) electrons. The Kier molecular flexibility index (Phi) is 5.53. The summed E-state index contributed by atoms with van der Waals surface area (Å²) in [5.74, 6) is 0. The summed E-state index contributed by atoms with van der Waals surface area (Å²) in [5.41, 5.74) is 2.51. The summed E-state index contributed by atoms with van der Waals surface area (Å²) in [6, 6.07) is 8.54. The molecule has 0 heterocycles. The zero-order valence-electron chi connectivity index (χ0n) is 10.9. The minimum atomic E-state index is -0.0774. The third-order valence-corrected chi connectivity index (χ3v) is 2.81. The van der Waals surface area contributed by atoms with Gasteiger partial charge in [0.05, 0.1) is 0 Å². The summed E-state index contributed by atoms with van der Waals surface area (Å²) in [6.07, 6.45) is 1.82. The number of benzene rings is 1. The van der Waals surface area contributed by atoms with Crippen molar-refractivity contribution in [3.63, 3.8) is 0 Å². The third kappa shape index (κ3) is 5.38. The number of carbonyl (C=O) groups excluding carboxylic acids is 1. The van der Waals surface area contributed by atoms with E-state index in [9.17, 15) is 4.79 Å². The van der Waals surface area contributed by atoms with Crippen LogP contribution in [0.15, 0.2) is 24.3 Å². The molecule has 3 heteroatoms. The van der Waals surface area contributed by atoms with Gasteiger partial charge in [0, 0.05) is 12.6 Å². The standard InChI is InChI=1S/C14H22N2O/c1-4-12(3)16-14(17)15-10-9-13-7-5-11(2)6-8-13/h5-8,12H,4,9-10H2,1-3H3,(H2,15,16,17). The van der Waals surface area contributed by atoms with Gasteiger partial charge in [0.15, 0.2) is 0 Å². The molecule has 1 atom stereocenters. The quantitative estimate of drug-likeness (QED) is 0.808. The fourth-order valence-corrected chi connectivity index (χ4v) is 1.45. The molecular weight excluding hydrogens is 212 g/mol. The first-order valence-electron chi connectivity index (χ1n) is 6.21. The summed E-state index contributed by atoms with van der Waals surface area (Å²) in [7, 11) is 0. The highest BCUT2D eigenvalue weighted by molar-refractivity contribution is 5.74. The molecule has 0 aromatic heterocycles. The molecule has 0 saturated carbocycles. The Morgan fingerprint density at radius 2 is 1.94 bits per heavy atom. The summed E-state index contributed by atoms with van der Waals surface area (Å²) >= 11 is 0. The molecule has 2 amide bonds. The van der Waals surface area contributed by atoms with Crippen molar-refractivity contribution in [3.05, 3.63) is 35.4 Å². The first-order chi connectivity index (χ1) is 8.11. The van der Waals surface area contributed by atoms with Gasteiger partial charge in [0.1, 0.15) is 0 Å². The molecule has 1 aromatic carbocycles. The average Bonchev–Trinajstić information content (AvgIpc) is 2.31. The van der Waals surface area contributed by atoms with Crippen molar-refractivity contribution >= 4 is 6.03 Å². The van der Waals surface area contributed by atoms with Gasteiger partial charge in [-0.2, -0.15) is 0 Å². The predicted octanol–water partition coefficient (Wildman–Crippen LogP) is 2.64. The topological polar surface area (TPSA) is 41.1 Å². The summed E-state index contributed by atoms with van der Waals surface area (Å²) in [4.78, 5) is 11.4. The van der Waals surface area contributed by atoms with E-state index >= 15 is 0 Å². The first kappa shape index (κ1) is 13.6. The van der Waals surface area contributed by atoms with Gasteiger partial charge < -0.3 is 10.6 Å². The number of rotatable bonds is 5. The van der Waals surface area contributed by atoms with E-state index in [0.29, 0.717) is 6.54 Å². The summed E-state index contributed by atoms with van der Waals surface area (Å²) in [5, 5.41) is 5.74. The molecular formula is C14H22N2O. The fraction of sp³-hybridized carbons (Fsp3) is 0.500. The van der Waals surface area contributed by atoms with Crippen LogP contribution >= 0.6 is 0 Å². The van der Waals surface area contributed by atoms with Crippen LogP contribution in [0.25, 0.3) is 0 Å². The second-order valence-corrected chi connectivity index (χ2v) is 4.45. The normalized spacial score (nSPS) is 11.9. The number of aryl methyl sites for hydroxylation is 1. The van der Waals surface area contributed by atoms with Crippen LogP contribution in [0.4, 0.5) is 4.79 Å². The Morgan fingerprint density at radius 1 is 1.29 bits per heavy atom. The molecule has 1 aromatic rings. The zero-order chi connectivity index (χ0) is 12.7. The van der Waals surface area contributed by atoms with Gasteiger partial charge in [-0.3, -0.25) is 0 Å². The van der Waals surface area contributed by atoms with Gasteiger partial charge in [-0.15, -0.1) is 0 Å². The molecule has 0 aliphatic heterocycles. The first-order valence-corrected chi connectivity index (χ1v) is 6.21. The number of carbonyl (C=O) groups is 1. The van der Waals surface area contributed by atoms with Crippen LogP contribution in [-0.4, -0.2) is 18.6 Å². The molecule has 0 aliphatic rings. The van der Waals surface area contributed by atoms with E-state index in [4.69, 9.17) is 0 Å². The van der Waals surface area contributed by atoms with Crippen molar-refractivity contribution in [2.24, 2.45) is 0 Å². The molecule has 0 fully saturated rings. The zero-order valence-corrected chi connectivity index (χ0v) is 10.9. The molecule has 1 unspecified atom stereocenters. The molecule has 0 spiro atoms. The number of hydrogen-bond acceptors (Lipinski definition) is 1. The molecule has 94 valence electrons. The van der Waals surface area contributed by atoms with Crippen molar-refractivity contribution in [1.29, 1.82) is 0 Å². The lowest BCUT2D eigenvalue weighted by atomic mass is 10.1. The van der Waals surface area contributed by atoms with E-state index in [-0.39, 0.29) is 12.1 Å². The molecule has 2 N–H and O–H groups in total. The maximum atomic E-state index is 11.4. The second kappa shape index (κ2) is 6.94. The van der Waals surface area contributed by atoms with E-state index in [0.717, 1.165) is 12.8 Å². The van der Waals surface area contributed by atoms with E-state index < -0.39 is 0 Å². The van der Waals surface area contributed by atoms with Crippen LogP contribution in [0.1, 0.15) is 31.4 Å². The largest absolute Gasteiger partial charge is 0.338 e. The lowest BCUT2D eigenvalue weighted by Crippen LogP contribution is -2.41. The number of urea groups is 1. The van der Waals surface area contributed by atoms with Crippen LogP contribution in [0.5, 0.6) is 0 Å². The van der Waals surface area contributed by atoms with Crippen molar-refractivity contribution in [1.82, 2.24) is 10.6 Å². The van der Waals surface area contributed by atoms with E-state index in [1.807, 2.05) is 6.92 Å². The van der Waals surface area contributed by atoms with E-state index in [1.54, 1.807) is 0 Å². The van der Waals surface area contributed by atoms with Crippen molar-refractivity contribution in [2.75, 3.05) is 6.54 Å². The lowest BCUT2D eigenvalue weighted by Gasteiger charge is -2.12. The Labute approximate surface area is 104 Å². The lowest BCUT2D eigenvalue weighted by molar-refractivity contribution is 0.237. The van der Waals surface area contributed by atoms with Gasteiger partial charge in [0.25, 0.3) is 0 Å². The van der Waals surface area contributed by atoms with Crippen molar-refractivity contribution in [3.8, 4) is 0 Å². The highest BCUT2D eigenvalue weighted by Gasteiger charge is 2.03. The van der Waals surface area contributed by atoms with Gasteiger partial charge in [0.2, 0.25) is 0 Å². The van der Waals surface area contributed by atoms with Crippen LogP contribution in [0.3, 0.4) is 0 Å². The highest BCUT2D eigenvalue weighted by Crippen LogP contribution is 2.02. The van der Waals surface area contributed by atoms with E-state index in [2.05, 4.69) is 48.7 Å². The second-order valence-electron chi connectivity index (χ2n) is 4.45. The Hall–Kier alpha value is -1.51. The number of amides is 2. The van der Waals surface area contributed by atoms with Crippen LogP contribution < -0.4 is 10.6 Å². The SMILES string of the molecule is CCC(C)NC(=O)NCCc1ccc(C)cc1. The minimum absolute atomic E-state index is 0.0774. The Morgan fingerprint density at radius 3 is 2.53 bits per heavy atom. The van der Waals surface area contributed by atoms with Crippen LogP contribution in [0.2, 0.25) is 0 Å². The Bertz CT molecular complexity index is 346. The third-order valence-electron chi connectivity index (χ3n) is 2.81. The fourth-order valence-electron chi connectivity index (χ4n) is 1.45. The molecule has 0 saturated heterocycles. The minimum Gasteiger partial charge on any atom is -0.338 e. The van der Waals surface area contributed by atoms with Gasteiger partial charge in [-0.05, 0) is 32.3 Å². The van der Waals surface area contributed by atoms with Gasteiger partial charge >= 0.3 is 6.03 Å². The predicted molar refractivity (Wildman–Crippen MR) is 71.2 cm³/mol. The molecule has 17 heavy (non-hydrogen) atoms. The smallest absolute Gasteiger partial charge is 0.315 e. The van der Waals surface area contributed by atoms with Gasteiger partial charge in [-0.1, -0.05) is 36.8 Å². The molecule has 0 bridgehead atoms. The number of hydrogen-bond donors (Lipinski definition) is 2. The van der Waals surface area contributed by atoms with Gasteiger partial charge in [-0.25, -0.2) is 4.79 Å². The Balaban J connectivity index is 2.23. The molecule has 3 nitrogen and oxygen atoms in total. The monoisotopic (exact) mass is 234 g/mol. The molecule has 0 aliphatic carbocycles. The molecule has 1 rings (SSSR count). The summed E-state index contributed by atoms with van der Waals surface area (Å²) < 4.78 is 0. The maximum absolute atomic E-state index is 11.4. The summed E-state index contributed by atoms with van der Waals surface area (Å²) in [6.45, 7) is 6.80. The van der Waals surface area contributed by atoms with Crippen LogP contribution in [0, 0.1) is 6.92 Å². The highest BCUT2D eigenvalue weighted by atomic mass is 16.2. The maximum Gasteiger partial charge on any atom is 0.315 e. The van der Waals surface area contributed by atoms with E-state index in [1.165, 1.54) is 11.1 Å². The number of nitrogens with one attached hydrogen (secondary N) is 2. The van der Waals surface area contributed by atoms with Crippen LogP contribution in [-0.2, 0) is 6.42 Å². The average molecular weight is 234 g/mol.